The second-order valence-corrected chi connectivity index (χ2v) is 11.5. The van der Waals surface area contributed by atoms with Crippen molar-refractivity contribution in [3.8, 4) is 17.1 Å². The molecule has 2 saturated carbocycles. The number of nitrogens with zero attached hydrogens (tertiary/aromatic N) is 5. The van der Waals surface area contributed by atoms with Crippen LogP contribution < -0.4 is 9.42 Å². The van der Waals surface area contributed by atoms with Crippen molar-refractivity contribution in [2.24, 2.45) is 20.0 Å². The molecule has 0 aliphatic heterocycles. The molecule has 2 heterocycles. The standard InChI is InChI=1S/C29H41F3N5O4/c1-18(2)40-28(39)19-9-8-12-21(17-19)41-24-15-13-22(33-27(24)29(30,31)32)26-23(36(4)34-37(26)5)14-16-25(38)35(3)20-10-6-7-11-20/h13,15,18-21H,6-12,14,16-17H2,1-5H3/q+1/t19-,21-/m0/s1. The van der Waals surface area contributed by atoms with Gasteiger partial charge < -0.3 is 14.4 Å². The number of esters is 1. The summed E-state index contributed by atoms with van der Waals surface area (Å²) in [4.78, 5) is 31.1. The Morgan fingerprint density at radius 1 is 1.15 bits per heavy atom. The Labute approximate surface area is 239 Å². The number of pyridine rings is 1. The van der Waals surface area contributed by atoms with Gasteiger partial charge in [0.25, 0.3) is 0 Å². The number of halogens is 3. The highest BCUT2D eigenvalue weighted by Crippen LogP contribution is 2.38. The molecule has 2 aliphatic rings. The van der Waals surface area contributed by atoms with Crippen LogP contribution in [0.2, 0.25) is 0 Å². The molecule has 4 rings (SSSR count). The molecule has 2 atom stereocenters. The molecule has 226 valence electrons. The minimum Gasteiger partial charge on any atom is -0.488 e. The third kappa shape index (κ3) is 7.37. The molecule has 12 heteroatoms. The van der Waals surface area contributed by atoms with Crippen LogP contribution in [0.5, 0.6) is 5.75 Å². The van der Waals surface area contributed by atoms with E-state index in [-0.39, 0.29) is 48.3 Å². The van der Waals surface area contributed by atoms with E-state index in [1.54, 1.807) is 37.5 Å². The summed E-state index contributed by atoms with van der Waals surface area (Å²) in [5.74, 6) is -1.12. The molecule has 41 heavy (non-hydrogen) atoms. The first-order chi connectivity index (χ1) is 19.3. The second-order valence-electron chi connectivity index (χ2n) is 11.5. The van der Waals surface area contributed by atoms with Crippen LogP contribution in [0.3, 0.4) is 0 Å². The molecule has 0 spiro atoms. The van der Waals surface area contributed by atoms with Gasteiger partial charge in [-0.15, -0.1) is 9.36 Å². The van der Waals surface area contributed by atoms with Crippen LogP contribution >= 0.6 is 0 Å². The zero-order valence-electron chi connectivity index (χ0n) is 24.5. The van der Waals surface area contributed by atoms with Gasteiger partial charge in [-0.1, -0.05) is 12.8 Å². The van der Waals surface area contributed by atoms with Crippen molar-refractivity contribution >= 4 is 11.9 Å². The lowest BCUT2D eigenvalue weighted by Gasteiger charge is -2.29. The fourth-order valence-electron chi connectivity index (χ4n) is 5.98. The summed E-state index contributed by atoms with van der Waals surface area (Å²) < 4.78 is 57.0. The molecule has 2 fully saturated rings. The first-order valence-corrected chi connectivity index (χ1v) is 14.5. The lowest BCUT2D eigenvalue weighted by atomic mass is 9.87. The van der Waals surface area contributed by atoms with E-state index in [0.717, 1.165) is 25.7 Å². The van der Waals surface area contributed by atoms with Crippen LogP contribution in [-0.2, 0) is 41.0 Å². The lowest BCUT2D eigenvalue weighted by Crippen LogP contribution is -2.35. The Kier molecular flexibility index (Phi) is 9.59. The van der Waals surface area contributed by atoms with Crippen molar-refractivity contribution in [3.63, 3.8) is 0 Å². The molecule has 2 aromatic rings. The highest BCUT2D eigenvalue weighted by atomic mass is 19.4. The molecule has 1 amide bonds. The summed E-state index contributed by atoms with van der Waals surface area (Å²) in [5.41, 5.74) is -0.00795. The van der Waals surface area contributed by atoms with E-state index in [1.807, 2.05) is 7.05 Å². The summed E-state index contributed by atoms with van der Waals surface area (Å²) in [6.45, 7) is 3.52. The van der Waals surface area contributed by atoms with E-state index < -0.39 is 23.9 Å². The van der Waals surface area contributed by atoms with E-state index in [2.05, 4.69) is 10.2 Å². The number of rotatable bonds is 9. The van der Waals surface area contributed by atoms with Gasteiger partial charge in [-0.05, 0) is 64.5 Å². The molecule has 0 radical (unpaired) electrons. The van der Waals surface area contributed by atoms with Crippen LogP contribution in [-0.4, -0.2) is 57.0 Å². The summed E-state index contributed by atoms with van der Waals surface area (Å²) >= 11 is 0. The van der Waals surface area contributed by atoms with Gasteiger partial charge in [0.15, 0.2) is 17.1 Å². The normalized spacial score (nSPS) is 19.9. The van der Waals surface area contributed by atoms with E-state index in [1.165, 1.54) is 16.8 Å². The van der Waals surface area contributed by atoms with Gasteiger partial charge >= 0.3 is 12.1 Å². The van der Waals surface area contributed by atoms with E-state index in [9.17, 15) is 22.8 Å². The predicted molar refractivity (Wildman–Crippen MR) is 144 cm³/mol. The highest BCUT2D eigenvalue weighted by Gasteiger charge is 2.40. The molecule has 2 aromatic heterocycles. The van der Waals surface area contributed by atoms with Crippen molar-refractivity contribution < 1.29 is 36.9 Å². The van der Waals surface area contributed by atoms with Crippen LogP contribution in [0, 0.1) is 5.92 Å². The lowest BCUT2D eigenvalue weighted by molar-refractivity contribution is -0.722. The third-order valence-electron chi connectivity index (χ3n) is 8.07. The maximum absolute atomic E-state index is 14.2. The largest absolute Gasteiger partial charge is 0.488 e. The van der Waals surface area contributed by atoms with Gasteiger partial charge in [-0.3, -0.25) is 9.59 Å². The van der Waals surface area contributed by atoms with Gasteiger partial charge in [0.05, 0.1) is 23.3 Å². The highest BCUT2D eigenvalue weighted by molar-refractivity contribution is 5.76. The SMILES string of the molecule is CC(C)OC(=O)[C@H]1CCC[C@H](Oc2ccc(-c3c(CCC(=O)N(C)C4CCCC4)n(C)n[n+]3C)nc2C(F)(F)F)C1. The van der Waals surface area contributed by atoms with Crippen LogP contribution in [0.4, 0.5) is 13.2 Å². The fraction of sp³-hybridized carbons (Fsp3) is 0.690. The Bertz CT molecular complexity index is 1240. The number of aromatic nitrogens is 4. The smallest absolute Gasteiger partial charge is 0.437 e. The molecule has 0 saturated heterocycles. The first kappa shape index (κ1) is 30.8. The third-order valence-corrected chi connectivity index (χ3v) is 8.07. The zero-order valence-corrected chi connectivity index (χ0v) is 24.5. The maximum atomic E-state index is 14.2. The summed E-state index contributed by atoms with van der Waals surface area (Å²) in [7, 11) is 5.17. The first-order valence-electron chi connectivity index (χ1n) is 14.5. The van der Waals surface area contributed by atoms with Crippen LogP contribution in [0.15, 0.2) is 12.1 Å². The average Bonchev–Trinajstić information content (AvgIpc) is 3.54. The Balaban J connectivity index is 1.55. The monoisotopic (exact) mass is 580 g/mol. The number of amides is 1. The van der Waals surface area contributed by atoms with Crippen molar-refractivity contribution in [2.45, 2.75) is 102 Å². The van der Waals surface area contributed by atoms with Crippen molar-refractivity contribution in [1.82, 2.24) is 19.8 Å². The van der Waals surface area contributed by atoms with Gasteiger partial charge in [-0.25, -0.2) is 4.98 Å². The van der Waals surface area contributed by atoms with Crippen molar-refractivity contribution in [3.05, 3.63) is 23.5 Å². The Morgan fingerprint density at radius 2 is 1.85 bits per heavy atom. The summed E-state index contributed by atoms with van der Waals surface area (Å²) in [6.07, 6.45) is 1.26. The number of alkyl halides is 3. The molecule has 0 aromatic carbocycles. The fourth-order valence-corrected chi connectivity index (χ4v) is 5.98. The van der Waals surface area contributed by atoms with Gasteiger partial charge in [0, 0.05) is 25.9 Å². The number of carbonyl (C=O) groups excluding carboxylic acids is 2. The van der Waals surface area contributed by atoms with E-state index >= 15 is 0 Å². The number of hydrogen-bond acceptors (Lipinski definition) is 6. The molecule has 9 nitrogen and oxygen atoms in total. The van der Waals surface area contributed by atoms with Crippen LogP contribution in [0.1, 0.15) is 83.0 Å². The zero-order chi connectivity index (χ0) is 29.9. The predicted octanol–water partition coefficient (Wildman–Crippen LogP) is 4.55. The van der Waals surface area contributed by atoms with E-state index in [4.69, 9.17) is 9.47 Å². The summed E-state index contributed by atoms with van der Waals surface area (Å²) in [6, 6.07) is 3.02. The van der Waals surface area contributed by atoms with Gasteiger partial charge in [0.1, 0.15) is 19.8 Å². The summed E-state index contributed by atoms with van der Waals surface area (Å²) in [5, 5.41) is 4.35. The average molecular weight is 581 g/mol. The number of aryl methyl sites for hydroxylation is 2. The Morgan fingerprint density at radius 3 is 2.51 bits per heavy atom. The molecule has 0 N–H and O–H groups in total. The number of ether oxygens (including phenoxy) is 2. The minimum atomic E-state index is -4.77. The molecule has 0 bridgehead atoms. The minimum absolute atomic E-state index is 0.00227. The quantitative estimate of drug-likeness (QED) is 0.320. The molecule has 2 aliphatic carbocycles. The topological polar surface area (TPSA) is 90.4 Å². The molecular weight excluding hydrogens is 539 g/mol. The number of carbonyl (C=O) groups is 2. The Hall–Kier alpha value is -3.18. The van der Waals surface area contributed by atoms with Gasteiger partial charge in [-0.2, -0.15) is 13.2 Å². The molecule has 0 unspecified atom stereocenters. The van der Waals surface area contributed by atoms with Crippen LogP contribution in [0.25, 0.3) is 11.4 Å². The van der Waals surface area contributed by atoms with Crippen molar-refractivity contribution in [2.75, 3.05) is 7.05 Å². The number of hydrogen-bond donors (Lipinski definition) is 0. The van der Waals surface area contributed by atoms with E-state index in [0.29, 0.717) is 37.1 Å². The van der Waals surface area contributed by atoms with Gasteiger partial charge in [0.2, 0.25) is 11.6 Å². The maximum Gasteiger partial charge on any atom is 0.437 e. The second kappa shape index (κ2) is 12.8. The van der Waals surface area contributed by atoms with Crippen molar-refractivity contribution in [1.29, 1.82) is 0 Å². The molecular formula is C29H41F3N5O4+.